The highest BCUT2D eigenvalue weighted by Gasteiger charge is 2.18. The maximum Gasteiger partial charge on any atom is 0.317 e. The van der Waals surface area contributed by atoms with E-state index in [2.05, 4.69) is 5.32 Å². The SMILES string of the molecule is CN(Cc1cc(F)c(F)c(F)c1)C(=O)NC[C@H]1CCCS1. The van der Waals surface area contributed by atoms with Gasteiger partial charge >= 0.3 is 6.03 Å². The van der Waals surface area contributed by atoms with E-state index >= 15 is 0 Å². The highest BCUT2D eigenvalue weighted by Crippen LogP contribution is 2.25. The maximum atomic E-state index is 13.1. The van der Waals surface area contributed by atoms with Gasteiger partial charge in [0, 0.05) is 25.4 Å². The number of halogens is 3. The van der Waals surface area contributed by atoms with Crippen molar-refractivity contribution >= 4 is 17.8 Å². The molecule has 1 fully saturated rings. The van der Waals surface area contributed by atoms with Crippen molar-refractivity contribution in [2.75, 3.05) is 19.3 Å². The van der Waals surface area contributed by atoms with Crippen LogP contribution in [0.4, 0.5) is 18.0 Å². The molecule has 7 heteroatoms. The van der Waals surface area contributed by atoms with Crippen molar-refractivity contribution < 1.29 is 18.0 Å². The highest BCUT2D eigenvalue weighted by molar-refractivity contribution is 8.00. The molecule has 2 rings (SSSR count). The average Bonchev–Trinajstić information content (AvgIpc) is 2.95. The van der Waals surface area contributed by atoms with Crippen molar-refractivity contribution in [3.8, 4) is 0 Å². The number of carbonyl (C=O) groups excluding carboxylic acids is 1. The first kappa shape index (κ1) is 16.0. The van der Waals surface area contributed by atoms with Crippen molar-refractivity contribution in [3.05, 3.63) is 35.1 Å². The molecule has 1 aliphatic heterocycles. The van der Waals surface area contributed by atoms with Crippen LogP contribution in [0.25, 0.3) is 0 Å². The van der Waals surface area contributed by atoms with Gasteiger partial charge in [0.2, 0.25) is 0 Å². The molecular formula is C14H17F3N2OS. The molecule has 0 unspecified atom stereocenters. The number of urea groups is 1. The fourth-order valence-corrected chi connectivity index (χ4v) is 3.39. The zero-order valence-corrected chi connectivity index (χ0v) is 12.5. The Morgan fingerprint density at radius 1 is 1.38 bits per heavy atom. The topological polar surface area (TPSA) is 32.3 Å². The predicted molar refractivity (Wildman–Crippen MR) is 76.7 cm³/mol. The summed E-state index contributed by atoms with van der Waals surface area (Å²) in [5.74, 6) is -2.88. The van der Waals surface area contributed by atoms with Crippen LogP contribution in [0.15, 0.2) is 12.1 Å². The minimum absolute atomic E-state index is 0.0117. The number of carbonyl (C=O) groups is 1. The van der Waals surface area contributed by atoms with Crippen LogP contribution in [0.1, 0.15) is 18.4 Å². The number of benzene rings is 1. The van der Waals surface area contributed by atoms with E-state index in [1.54, 1.807) is 0 Å². The van der Waals surface area contributed by atoms with Crippen LogP contribution in [-0.4, -0.2) is 35.5 Å². The smallest absolute Gasteiger partial charge is 0.317 e. The molecule has 3 nitrogen and oxygen atoms in total. The summed E-state index contributed by atoms with van der Waals surface area (Å²) >= 11 is 1.83. The molecule has 2 amide bonds. The Bertz CT molecular complexity index is 498. The number of hydrogen-bond acceptors (Lipinski definition) is 2. The molecular weight excluding hydrogens is 301 g/mol. The van der Waals surface area contributed by atoms with E-state index in [9.17, 15) is 18.0 Å². The highest BCUT2D eigenvalue weighted by atomic mass is 32.2. The van der Waals surface area contributed by atoms with E-state index in [1.807, 2.05) is 11.8 Å². The van der Waals surface area contributed by atoms with E-state index in [1.165, 1.54) is 11.9 Å². The Balaban J connectivity index is 1.87. The quantitative estimate of drug-likeness (QED) is 0.865. The summed E-state index contributed by atoms with van der Waals surface area (Å²) in [6, 6.07) is 1.48. The minimum atomic E-state index is -1.50. The van der Waals surface area contributed by atoms with Gasteiger partial charge in [0.05, 0.1) is 0 Å². The van der Waals surface area contributed by atoms with Gasteiger partial charge in [0.1, 0.15) is 0 Å². The molecule has 1 saturated heterocycles. The van der Waals surface area contributed by atoms with Gasteiger partial charge in [-0.25, -0.2) is 18.0 Å². The standard InChI is InChI=1S/C14H17F3N2OS/c1-19(14(20)18-7-10-3-2-4-21-10)8-9-5-11(15)13(17)12(16)6-9/h5-6,10H,2-4,7-8H2,1H3,(H,18,20)/t10-/m1/s1. The van der Waals surface area contributed by atoms with Gasteiger partial charge in [0.25, 0.3) is 0 Å². The van der Waals surface area contributed by atoms with Crippen LogP contribution in [-0.2, 0) is 6.54 Å². The van der Waals surface area contributed by atoms with Gasteiger partial charge in [-0.15, -0.1) is 0 Å². The normalized spacial score (nSPS) is 17.8. The first-order valence-electron chi connectivity index (χ1n) is 6.71. The lowest BCUT2D eigenvalue weighted by Gasteiger charge is -2.19. The van der Waals surface area contributed by atoms with Crippen molar-refractivity contribution in [2.45, 2.75) is 24.6 Å². The second-order valence-electron chi connectivity index (χ2n) is 5.05. The first-order valence-corrected chi connectivity index (χ1v) is 7.76. The summed E-state index contributed by atoms with van der Waals surface area (Å²) < 4.78 is 39.1. The predicted octanol–water partition coefficient (Wildman–Crippen LogP) is 3.14. The average molecular weight is 318 g/mol. The van der Waals surface area contributed by atoms with Crippen molar-refractivity contribution in [3.63, 3.8) is 0 Å². The number of amides is 2. The third kappa shape index (κ3) is 4.30. The van der Waals surface area contributed by atoms with Crippen molar-refractivity contribution in [1.82, 2.24) is 10.2 Å². The van der Waals surface area contributed by atoms with Gasteiger partial charge in [-0.2, -0.15) is 11.8 Å². The first-order chi connectivity index (χ1) is 9.97. The Hall–Kier alpha value is -1.37. The second-order valence-corrected chi connectivity index (χ2v) is 6.46. The summed E-state index contributed by atoms with van der Waals surface area (Å²) in [5, 5.41) is 3.22. The lowest BCUT2D eigenvalue weighted by atomic mass is 10.2. The molecule has 1 atom stereocenters. The van der Waals surface area contributed by atoms with Gasteiger partial charge in [-0.05, 0) is 36.3 Å². The summed E-state index contributed by atoms with van der Waals surface area (Å²) in [6.45, 7) is 0.595. The van der Waals surface area contributed by atoms with Gasteiger partial charge in [-0.3, -0.25) is 0 Å². The summed E-state index contributed by atoms with van der Waals surface area (Å²) in [7, 11) is 1.52. The van der Waals surface area contributed by atoms with Crippen LogP contribution in [0.5, 0.6) is 0 Å². The Morgan fingerprint density at radius 3 is 2.62 bits per heavy atom. The molecule has 0 spiro atoms. The zero-order chi connectivity index (χ0) is 15.4. The molecule has 1 aliphatic rings. The second kappa shape index (κ2) is 7.06. The van der Waals surface area contributed by atoms with Crippen LogP contribution >= 0.6 is 11.8 Å². The molecule has 0 radical (unpaired) electrons. The van der Waals surface area contributed by atoms with Gasteiger partial charge in [0.15, 0.2) is 17.5 Å². The Kier molecular flexibility index (Phi) is 5.39. The summed E-state index contributed by atoms with van der Waals surface area (Å²) in [5.41, 5.74) is 0.208. The molecule has 1 aromatic rings. The van der Waals surface area contributed by atoms with E-state index < -0.39 is 17.5 Å². The van der Waals surface area contributed by atoms with Crippen LogP contribution in [0, 0.1) is 17.5 Å². The van der Waals surface area contributed by atoms with E-state index in [0.717, 1.165) is 30.7 Å². The zero-order valence-electron chi connectivity index (χ0n) is 11.7. The molecule has 0 saturated carbocycles. The molecule has 1 N–H and O–H groups in total. The molecule has 116 valence electrons. The molecule has 21 heavy (non-hydrogen) atoms. The largest absolute Gasteiger partial charge is 0.337 e. The third-order valence-corrected chi connectivity index (χ3v) is 4.71. The fraction of sp³-hybridized carbons (Fsp3) is 0.500. The van der Waals surface area contributed by atoms with E-state index in [0.29, 0.717) is 11.8 Å². The monoisotopic (exact) mass is 318 g/mol. The lowest BCUT2D eigenvalue weighted by molar-refractivity contribution is 0.206. The summed E-state index contributed by atoms with van der Waals surface area (Å²) in [4.78, 5) is 13.2. The number of rotatable bonds is 4. The molecule has 0 aromatic heterocycles. The van der Waals surface area contributed by atoms with Crippen LogP contribution in [0.2, 0.25) is 0 Å². The van der Waals surface area contributed by atoms with Crippen molar-refractivity contribution in [1.29, 1.82) is 0 Å². The number of nitrogens with zero attached hydrogens (tertiary/aromatic N) is 1. The molecule has 1 aromatic carbocycles. The van der Waals surface area contributed by atoms with E-state index in [-0.39, 0.29) is 18.1 Å². The van der Waals surface area contributed by atoms with E-state index in [4.69, 9.17) is 0 Å². The number of thioether (sulfide) groups is 1. The minimum Gasteiger partial charge on any atom is -0.337 e. The third-order valence-electron chi connectivity index (χ3n) is 3.31. The van der Waals surface area contributed by atoms with Crippen LogP contribution in [0.3, 0.4) is 0 Å². The molecule has 1 heterocycles. The number of hydrogen-bond donors (Lipinski definition) is 1. The maximum absolute atomic E-state index is 13.1. The molecule has 0 aliphatic carbocycles. The van der Waals surface area contributed by atoms with Gasteiger partial charge in [-0.1, -0.05) is 0 Å². The number of nitrogens with one attached hydrogen (secondary N) is 1. The van der Waals surface area contributed by atoms with Gasteiger partial charge < -0.3 is 10.2 Å². The Labute approximate surface area is 125 Å². The van der Waals surface area contributed by atoms with Crippen molar-refractivity contribution in [2.24, 2.45) is 0 Å². The fourth-order valence-electron chi connectivity index (χ4n) is 2.19. The lowest BCUT2D eigenvalue weighted by Crippen LogP contribution is -2.39. The summed E-state index contributed by atoms with van der Waals surface area (Å²) in [6.07, 6.45) is 2.25. The Morgan fingerprint density at radius 2 is 2.05 bits per heavy atom. The van der Waals surface area contributed by atoms with Crippen LogP contribution < -0.4 is 5.32 Å². The molecule has 0 bridgehead atoms.